The Morgan fingerprint density at radius 1 is 1.23 bits per heavy atom. The first-order chi connectivity index (χ1) is 10.6. The van der Waals surface area contributed by atoms with Crippen LogP contribution in [0.1, 0.15) is 10.5 Å². The first kappa shape index (κ1) is 13.6. The van der Waals surface area contributed by atoms with Crippen LogP contribution in [0.15, 0.2) is 41.2 Å². The summed E-state index contributed by atoms with van der Waals surface area (Å²) in [4.78, 5) is 22.9. The lowest BCUT2D eigenvalue weighted by atomic mass is 10.2. The number of nitrogens with zero attached hydrogens (tertiary/aromatic N) is 6. The van der Waals surface area contributed by atoms with Crippen LogP contribution in [-0.4, -0.2) is 41.1 Å². The first-order valence-electron chi connectivity index (χ1n) is 6.23. The Morgan fingerprint density at radius 3 is 2.73 bits per heavy atom. The van der Waals surface area contributed by atoms with Crippen LogP contribution in [0.2, 0.25) is 0 Å². The maximum atomic E-state index is 11.9. The Hall–Kier alpha value is -3.36. The second kappa shape index (κ2) is 5.20. The topological polar surface area (TPSA) is 116 Å². The van der Waals surface area contributed by atoms with Crippen molar-refractivity contribution in [2.75, 3.05) is 0 Å². The number of carbonyl (C=O) groups is 1. The molecule has 0 fully saturated rings. The molecule has 2 aromatic heterocycles. The van der Waals surface area contributed by atoms with E-state index in [-0.39, 0.29) is 5.69 Å². The highest BCUT2D eigenvalue weighted by Gasteiger charge is 2.11. The molecule has 0 amide bonds. The molecular formula is C13H10N6O3. The lowest BCUT2D eigenvalue weighted by molar-refractivity contribution is 0.0688. The molecule has 0 unspecified atom stereocenters. The lowest BCUT2D eigenvalue weighted by Crippen LogP contribution is -2.22. The van der Waals surface area contributed by atoms with E-state index in [9.17, 15) is 9.59 Å². The third kappa shape index (κ3) is 2.35. The van der Waals surface area contributed by atoms with E-state index < -0.39 is 11.5 Å². The predicted molar refractivity (Wildman–Crippen MR) is 74.6 cm³/mol. The normalized spacial score (nSPS) is 10.6. The van der Waals surface area contributed by atoms with Crippen molar-refractivity contribution in [1.82, 2.24) is 30.0 Å². The number of hydrogen-bond acceptors (Lipinski definition) is 6. The Morgan fingerprint density at radius 2 is 2.05 bits per heavy atom. The van der Waals surface area contributed by atoms with Crippen molar-refractivity contribution in [1.29, 1.82) is 0 Å². The number of carboxylic acid groups (broad SMARTS) is 1. The van der Waals surface area contributed by atoms with Gasteiger partial charge in [-0.1, -0.05) is 12.1 Å². The number of hydrogen-bond donors (Lipinski definition) is 1. The second-order valence-electron chi connectivity index (χ2n) is 4.45. The van der Waals surface area contributed by atoms with Gasteiger partial charge >= 0.3 is 5.97 Å². The minimum atomic E-state index is -1.21. The van der Waals surface area contributed by atoms with Crippen molar-refractivity contribution < 1.29 is 9.90 Å². The van der Waals surface area contributed by atoms with Crippen LogP contribution >= 0.6 is 0 Å². The van der Waals surface area contributed by atoms with Crippen LogP contribution in [0.4, 0.5) is 0 Å². The van der Waals surface area contributed by atoms with Crippen LogP contribution < -0.4 is 5.56 Å². The van der Waals surface area contributed by atoms with Crippen molar-refractivity contribution in [2.45, 2.75) is 0 Å². The van der Waals surface area contributed by atoms with Gasteiger partial charge in [-0.3, -0.25) is 4.79 Å². The van der Waals surface area contributed by atoms with Crippen LogP contribution in [0.3, 0.4) is 0 Å². The lowest BCUT2D eigenvalue weighted by Gasteiger charge is -2.07. The van der Waals surface area contributed by atoms with Gasteiger partial charge in [-0.05, 0) is 28.6 Å². The third-order valence-electron chi connectivity index (χ3n) is 2.99. The maximum Gasteiger partial charge on any atom is 0.356 e. The molecule has 9 heteroatoms. The van der Waals surface area contributed by atoms with E-state index in [1.807, 2.05) is 0 Å². The van der Waals surface area contributed by atoms with Gasteiger partial charge < -0.3 is 5.11 Å². The van der Waals surface area contributed by atoms with E-state index in [0.29, 0.717) is 17.1 Å². The standard InChI is InChI=1S/C13H10N6O3/c1-18-12(14-16-17-18)8-3-2-4-9(7-8)19-11(20)6-5-10(15-19)13(21)22/h2-7H,1H3,(H,21,22). The average molecular weight is 298 g/mol. The van der Waals surface area contributed by atoms with E-state index >= 15 is 0 Å². The molecule has 2 heterocycles. The zero-order valence-corrected chi connectivity index (χ0v) is 11.4. The van der Waals surface area contributed by atoms with Crippen LogP contribution in [0.25, 0.3) is 17.1 Å². The number of rotatable bonds is 3. The number of aryl methyl sites for hydroxylation is 1. The summed E-state index contributed by atoms with van der Waals surface area (Å²) < 4.78 is 2.51. The molecule has 0 aliphatic rings. The summed E-state index contributed by atoms with van der Waals surface area (Å²) in [6.45, 7) is 0. The molecular weight excluding hydrogens is 288 g/mol. The summed E-state index contributed by atoms with van der Waals surface area (Å²) in [7, 11) is 1.69. The molecule has 1 aromatic carbocycles. The van der Waals surface area contributed by atoms with Gasteiger partial charge in [0.15, 0.2) is 11.5 Å². The van der Waals surface area contributed by atoms with Gasteiger partial charge in [-0.25, -0.2) is 9.48 Å². The Bertz CT molecular complexity index is 914. The number of tetrazole rings is 1. The van der Waals surface area contributed by atoms with E-state index in [2.05, 4.69) is 20.6 Å². The van der Waals surface area contributed by atoms with Crippen molar-refractivity contribution in [3.05, 3.63) is 52.4 Å². The quantitative estimate of drug-likeness (QED) is 0.730. The second-order valence-corrected chi connectivity index (χ2v) is 4.45. The van der Waals surface area contributed by atoms with E-state index in [0.717, 1.165) is 16.8 Å². The minimum absolute atomic E-state index is 0.217. The third-order valence-corrected chi connectivity index (χ3v) is 2.99. The Labute approximate surface area is 123 Å². The monoisotopic (exact) mass is 298 g/mol. The fraction of sp³-hybridized carbons (Fsp3) is 0.0769. The van der Waals surface area contributed by atoms with Crippen molar-refractivity contribution in [3.8, 4) is 17.1 Å². The first-order valence-corrected chi connectivity index (χ1v) is 6.23. The summed E-state index contributed by atoms with van der Waals surface area (Å²) in [6, 6.07) is 9.12. The summed E-state index contributed by atoms with van der Waals surface area (Å²) in [5, 5.41) is 24.0. The summed E-state index contributed by atoms with van der Waals surface area (Å²) in [5.41, 5.74) is 0.455. The number of aromatic nitrogens is 6. The van der Waals surface area contributed by atoms with E-state index in [1.54, 1.807) is 31.3 Å². The minimum Gasteiger partial charge on any atom is -0.476 e. The van der Waals surface area contributed by atoms with E-state index in [1.165, 1.54) is 4.68 Å². The van der Waals surface area contributed by atoms with E-state index in [4.69, 9.17) is 5.11 Å². The number of benzene rings is 1. The molecule has 0 saturated heterocycles. The average Bonchev–Trinajstić information content (AvgIpc) is 2.94. The highest BCUT2D eigenvalue weighted by Crippen LogP contribution is 2.17. The molecule has 0 saturated carbocycles. The highest BCUT2D eigenvalue weighted by atomic mass is 16.4. The smallest absolute Gasteiger partial charge is 0.356 e. The zero-order chi connectivity index (χ0) is 15.7. The van der Waals surface area contributed by atoms with Crippen molar-refractivity contribution >= 4 is 5.97 Å². The Balaban J connectivity index is 2.14. The largest absolute Gasteiger partial charge is 0.476 e. The van der Waals surface area contributed by atoms with Gasteiger partial charge in [0, 0.05) is 18.7 Å². The highest BCUT2D eigenvalue weighted by molar-refractivity contribution is 5.84. The fourth-order valence-electron chi connectivity index (χ4n) is 1.96. The number of carboxylic acids is 1. The van der Waals surface area contributed by atoms with Gasteiger partial charge in [0.1, 0.15) is 0 Å². The van der Waals surface area contributed by atoms with Gasteiger partial charge in [-0.15, -0.1) is 5.10 Å². The molecule has 0 radical (unpaired) electrons. The van der Waals surface area contributed by atoms with Crippen LogP contribution in [0.5, 0.6) is 0 Å². The van der Waals surface area contributed by atoms with Crippen LogP contribution in [-0.2, 0) is 7.05 Å². The molecule has 3 aromatic rings. The molecule has 0 atom stereocenters. The zero-order valence-electron chi connectivity index (χ0n) is 11.4. The SMILES string of the molecule is Cn1nnnc1-c1cccc(-n2nc(C(=O)O)ccc2=O)c1. The van der Waals surface area contributed by atoms with Gasteiger partial charge in [0.05, 0.1) is 5.69 Å². The maximum absolute atomic E-state index is 11.9. The van der Waals surface area contributed by atoms with Gasteiger partial charge in [0.25, 0.3) is 5.56 Å². The molecule has 0 bridgehead atoms. The van der Waals surface area contributed by atoms with Crippen molar-refractivity contribution in [2.24, 2.45) is 7.05 Å². The van der Waals surface area contributed by atoms with Crippen LogP contribution in [0, 0.1) is 0 Å². The number of aromatic carboxylic acids is 1. The molecule has 3 rings (SSSR count). The predicted octanol–water partition coefficient (Wildman–Crippen LogP) is 0.121. The molecule has 110 valence electrons. The van der Waals surface area contributed by atoms with Gasteiger partial charge in [-0.2, -0.15) is 9.78 Å². The summed E-state index contributed by atoms with van der Waals surface area (Å²) >= 11 is 0. The molecule has 0 aliphatic heterocycles. The molecule has 1 N–H and O–H groups in total. The van der Waals surface area contributed by atoms with Gasteiger partial charge in [0.2, 0.25) is 0 Å². The summed E-state index contributed by atoms with van der Waals surface area (Å²) in [5.74, 6) is -0.688. The summed E-state index contributed by atoms with van der Waals surface area (Å²) in [6.07, 6.45) is 0. The molecule has 9 nitrogen and oxygen atoms in total. The van der Waals surface area contributed by atoms with Crippen molar-refractivity contribution in [3.63, 3.8) is 0 Å². The molecule has 0 aliphatic carbocycles. The fourth-order valence-corrected chi connectivity index (χ4v) is 1.96. The molecule has 22 heavy (non-hydrogen) atoms. The molecule has 0 spiro atoms. The Kier molecular flexibility index (Phi) is 3.22.